The van der Waals surface area contributed by atoms with E-state index in [2.05, 4.69) is 53.8 Å². The van der Waals surface area contributed by atoms with Crippen molar-refractivity contribution in [2.45, 2.75) is 44.6 Å². The number of hydrogen-bond acceptors (Lipinski definition) is 5. The first kappa shape index (κ1) is 25.8. The molecule has 7 heteroatoms. The molecule has 0 saturated carbocycles. The minimum atomic E-state index is -0.130. The van der Waals surface area contributed by atoms with Gasteiger partial charge in [0, 0.05) is 48.2 Å². The standard InChI is InChI=1S/C31H37N5O2/c1-21(30(38)36-18-24-9-4-6-10-26(24)31(2,3)19-36)16-28(33-20-32)35-14-12-22(13-15-35)25-17-23-8-5-7-11-27(23)34-29(25)37/h4-11,16-17,22,33H,1,12-15,18-20,32H2,2-3H3,(H,34,37)/b28-16+. The third-order valence-electron chi connectivity index (χ3n) is 7.91. The van der Waals surface area contributed by atoms with Gasteiger partial charge in [-0.05, 0) is 53.5 Å². The number of nitrogens with zero attached hydrogens (tertiary/aromatic N) is 2. The van der Waals surface area contributed by atoms with Crippen molar-refractivity contribution in [1.82, 2.24) is 20.1 Å². The third-order valence-corrected chi connectivity index (χ3v) is 7.91. The van der Waals surface area contributed by atoms with E-state index in [1.165, 1.54) is 11.1 Å². The molecule has 198 valence electrons. The summed E-state index contributed by atoms with van der Waals surface area (Å²) in [6.45, 7) is 11.5. The van der Waals surface area contributed by atoms with Gasteiger partial charge in [-0.3, -0.25) is 9.59 Å². The molecule has 1 saturated heterocycles. The maximum atomic E-state index is 13.5. The maximum Gasteiger partial charge on any atom is 0.253 e. The zero-order chi connectivity index (χ0) is 26.9. The molecule has 0 spiro atoms. The molecule has 3 heterocycles. The van der Waals surface area contributed by atoms with Gasteiger partial charge in [0.1, 0.15) is 5.82 Å². The molecule has 1 aromatic heterocycles. The fourth-order valence-electron chi connectivity index (χ4n) is 5.97. The quantitative estimate of drug-likeness (QED) is 0.265. The monoisotopic (exact) mass is 511 g/mol. The fraction of sp³-hybridized carbons (Fsp3) is 0.355. The van der Waals surface area contributed by atoms with Gasteiger partial charge in [0.15, 0.2) is 0 Å². The molecular weight excluding hydrogens is 474 g/mol. The molecule has 2 aliphatic heterocycles. The summed E-state index contributed by atoms with van der Waals surface area (Å²) in [5.74, 6) is 0.911. The van der Waals surface area contributed by atoms with E-state index in [4.69, 9.17) is 5.73 Å². The number of rotatable bonds is 6. The van der Waals surface area contributed by atoms with Crippen LogP contribution in [-0.2, 0) is 16.8 Å². The predicted octanol–water partition coefficient (Wildman–Crippen LogP) is 3.93. The van der Waals surface area contributed by atoms with Crippen LogP contribution in [0.5, 0.6) is 0 Å². The highest BCUT2D eigenvalue weighted by Crippen LogP contribution is 2.34. The number of nitrogens with one attached hydrogen (secondary N) is 2. The number of piperidine rings is 1. The smallest absolute Gasteiger partial charge is 0.253 e. The number of amides is 1. The molecule has 1 amide bonds. The van der Waals surface area contributed by atoms with Crippen molar-refractivity contribution in [3.63, 3.8) is 0 Å². The summed E-state index contributed by atoms with van der Waals surface area (Å²) in [6.07, 6.45) is 3.50. The van der Waals surface area contributed by atoms with Gasteiger partial charge in [0.25, 0.3) is 11.5 Å². The van der Waals surface area contributed by atoms with Crippen LogP contribution in [0.4, 0.5) is 0 Å². The van der Waals surface area contributed by atoms with Crippen LogP contribution in [0.15, 0.2) is 83.4 Å². The molecule has 0 radical (unpaired) electrons. The Morgan fingerprint density at radius 2 is 1.84 bits per heavy atom. The average Bonchev–Trinajstić information content (AvgIpc) is 2.91. The minimum Gasteiger partial charge on any atom is -0.359 e. The molecule has 2 aromatic carbocycles. The second-order valence-corrected chi connectivity index (χ2v) is 11.0. The number of hydrogen-bond donors (Lipinski definition) is 3. The predicted molar refractivity (Wildman–Crippen MR) is 152 cm³/mol. The highest BCUT2D eigenvalue weighted by molar-refractivity contribution is 5.96. The Labute approximate surface area is 224 Å². The molecule has 0 unspecified atom stereocenters. The molecule has 1 fully saturated rings. The molecule has 3 aromatic rings. The zero-order valence-corrected chi connectivity index (χ0v) is 22.3. The lowest BCUT2D eigenvalue weighted by atomic mass is 9.78. The molecule has 4 N–H and O–H groups in total. The summed E-state index contributed by atoms with van der Waals surface area (Å²) >= 11 is 0. The number of carbonyl (C=O) groups is 1. The van der Waals surface area contributed by atoms with Crippen LogP contribution >= 0.6 is 0 Å². The van der Waals surface area contributed by atoms with Gasteiger partial charge in [-0.1, -0.05) is 62.9 Å². The second-order valence-electron chi connectivity index (χ2n) is 11.0. The lowest BCUT2D eigenvalue weighted by Crippen LogP contribution is -2.45. The summed E-state index contributed by atoms with van der Waals surface area (Å²) in [5.41, 5.74) is 10.3. The number of fused-ring (bicyclic) bond motifs is 2. The van der Waals surface area contributed by atoms with Crippen LogP contribution in [0.25, 0.3) is 10.9 Å². The van der Waals surface area contributed by atoms with Crippen molar-refractivity contribution in [2.24, 2.45) is 5.73 Å². The number of carbonyl (C=O) groups excluding carboxylic acids is 1. The summed E-state index contributed by atoms with van der Waals surface area (Å²) in [7, 11) is 0. The lowest BCUT2D eigenvalue weighted by Gasteiger charge is -2.40. The highest BCUT2D eigenvalue weighted by atomic mass is 16.2. The first-order valence-electron chi connectivity index (χ1n) is 13.4. The van der Waals surface area contributed by atoms with Gasteiger partial charge in [-0.15, -0.1) is 0 Å². The van der Waals surface area contributed by atoms with Crippen molar-refractivity contribution >= 4 is 16.8 Å². The van der Waals surface area contributed by atoms with E-state index in [1.54, 1.807) is 0 Å². The molecule has 7 nitrogen and oxygen atoms in total. The Morgan fingerprint density at radius 1 is 1.13 bits per heavy atom. The first-order valence-corrected chi connectivity index (χ1v) is 13.4. The Morgan fingerprint density at radius 3 is 2.61 bits per heavy atom. The number of aromatic nitrogens is 1. The molecule has 5 rings (SSSR count). The molecule has 0 bridgehead atoms. The average molecular weight is 512 g/mol. The molecule has 0 aliphatic carbocycles. The van der Waals surface area contributed by atoms with E-state index in [-0.39, 0.29) is 29.5 Å². The van der Waals surface area contributed by atoms with Crippen LogP contribution in [0.2, 0.25) is 0 Å². The van der Waals surface area contributed by atoms with Gasteiger partial charge >= 0.3 is 0 Å². The Hall–Kier alpha value is -3.84. The van der Waals surface area contributed by atoms with Crippen molar-refractivity contribution < 1.29 is 4.79 Å². The van der Waals surface area contributed by atoms with Gasteiger partial charge < -0.3 is 25.8 Å². The van der Waals surface area contributed by atoms with Crippen molar-refractivity contribution in [3.05, 3.63) is 106 Å². The zero-order valence-electron chi connectivity index (χ0n) is 22.3. The van der Waals surface area contributed by atoms with E-state index in [9.17, 15) is 9.59 Å². The van der Waals surface area contributed by atoms with E-state index >= 15 is 0 Å². The number of likely N-dealkylation sites (tertiary alicyclic amines) is 1. The van der Waals surface area contributed by atoms with Crippen molar-refractivity contribution in [3.8, 4) is 0 Å². The van der Waals surface area contributed by atoms with Crippen LogP contribution in [-0.4, -0.2) is 47.0 Å². The van der Waals surface area contributed by atoms with Crippen LogP contribution in [0.1, 0.15) is 49.3 Å². The van der Waals surface area contributed by atoms with Crippen LogP contribution in [0, 0.1) is 0 Å². The molecule has 2 aliphatic rings. The summed E-state index contributed by atoms with van der Waals surface area (Å²) in [4.78, 5) is 33.4. The Kier molecular flexibility index (Phi) is 7.13. The van der Waals surface area contributed by atoms with Gasteiger partial charge in [0.05, 0.1) is 6.67 Å². The maximum absolute atomic E-state index is 13.5. The topological polar surface area (TPSA) is 94.5 Å². The van der Waals surface area contributed by atoms with E-state index in [0.29, 0.717) is 18.7 Å². The third kappa shape index (κ3) is 5.11. The molecule has 38 heavy (non-hydrogen) atoms. The number of nitrogens with two attached hydrogens (primary N) is 1. The second kappa shape index (κ2) is 10.5. The number of pyridine rings is 1. The van der Waals surface area contributed by atoms with E-state index in [0.717, 1.165) is 48.2 Å². The summed E-state index contributed by atoms with van der Waals surface area (Å²) in [5, 5.41) is 4.28. The molecule has 0 atom stereocenters. The van der Waals surface area contributed by atoms with Gasteiger partial charge in [-0.25, -0.2) is 0 Å². The number of para-hydroxylation sites is 1. The van der Waals surface area contributed by atoms with Crippen molar-refractivity contribution in [1.29, 1.82) is 0 Å². The van der Waals surface area contributed by atoms with Crippen LogP contribution in [0.3, 0.4) is 0 Å². The minimum absolute atomic E-state index is 0.0111. The first-order chi connectivity index (χ1) is 18.3. The summed E-state index contributed by atoms with van der Waals surface area (Å²) < 4.78 is 0. The Balaban J connectivity index is 1.29. The van der Waals surface area contributed by atoms with Crippen LogP contribution < -0.4 is 16.6 Å². The fourth-order valence-corrected chi connectivity index (χ4v) is 5.97. The number of aromatic amines is 1. The van der Waals surface area contributed by atoms with E-state index in [1.807, 2.05) is 47.4 Å². The number of H-pyrrole nitrogens is 1. The van der Waals surface area contributed by atoms with E-state index < -0.39 is 0 Å². The molecular formula is C31H37N5O2. The number of benzene rings is 2. The van der Waals surface area contributed by atoms with Crippen molar-refractivity contribution in [2.75, 3.05) is 26.3 Å². The van der Waals surface area contributed by atoms with Gasteiger partial charge in [-0.2, -0.15) is 0 Å². The SMILES string of the molecule is C=C(/C=C(\NCN)N1CCC(c2cc3ccccc3[nH]c2=O)CC1)C(=O)N1Cc2ccccc2C(C)(C)C1. The highest BCUT2D eigenvalue weighted by Gasteiger charge is 2.34. The normalized spacial score (nSPS) is 17.8. The van der Waals surface area contributed by atoms with Gasteiger partial charge in [0.2, 0.25) is 0 Å². The lowest BCUT2D eigenvalue weighted by molar-refractivity contribution is -0.128. The largest absolute Gasteiger partial charge is 0.359 e. The Bertz CT molecular complexity index is 1450. The summed E-state index contributed by atoms with van der Waals surface area (Å²) in [6, 6.07) is 18.2.